The minimum absolute atomic E-state index is 0.0159. The molecule has 0 bridgehead atoms. The van der Waals surface area contributed by atoms with E-state index in [2.05, 4.69) is 10.6 Å². The summed E-state index contributed by atoms with van der Waals surface area (Å²) in [5.41, 5.74) is 0.953. The lowest BCUT2D eigenvalue weighted by Gasteiger charge is -2.36. The Kier molecular flexibility index (Phi) is 4.25. The highest BCUT2D eigenvalue weighted by atomic mass is 32.2. The number of nitrogens with one attached hydrogen (secondary N) is 2. The second-order valence-corrected chi connectivity index (χ2v) is 5.51. The van der Waals surface area contributed by atoms with E-state index in [4.69, 9.17) is 0 Å². The van der Waals surface area contributed by atoms with Gasteiger partial charge < -0.3 is 10.6 Å². The fourth-order valence-electron chi connectivity index (χ4n) is 1.82. The van der Waals surface area contributed by atoms with Crippen LogP contribution in [0.2, 0.25) is 0 Å². The first kappa shape index (κ1) is 13.0. The van der Waals surface area contributed by atoms with Crippen LogP contribution in [-0.4, -0.2) is 29.0 Å². The van der Waals surface area contributed by atoms with Crippen LogP contribution in [0.1, 0.15) is 12.5 Å². The standard InChI is InChI=1S/C13H16N2O2S/c1-2-18-13-11(12(17)15-13)14-10(16)8-9-6-4-3-5-7-9/h3-7,11,13H,2,8H2,1H3,(H,14,16)(H,15,17)/t11-,13-/m1/s1. The normalized spacial score (nSPS) is 21.9. The van der Waals surface area contributed by atoms with E-state index in [0.717, 1.165) is 11.3 Å². The van der Waals surface area contributed by atoms with Gasteiger partial charge in [-0.1, -0.05) is 37.3 Å². The molecule has 4 nitrogen and oxygen atoms in total. The van der Waals surface area contributed by atoms with E-state index >= 15 is 0 Å². The maximum atomic E-state index is 11.8. The van der Waals surface area contributed by atoms with E-state index in [1.54, 1.807) is 11.8 Å². The molecular weight excluding hydrogens is 248 g/mol. The quantitative estimate of drug-likeness (QED) is 0.778. The Balaban J connectivity index is 1.86. The van der Waals surface area contributed by atoms with Crippen LogP contribution < -0.4 is 10.6 Å². The molecule has 5 heteroatoms. The molecule has 2 atom stereocenters. The summed E-state index contributed by atoms with van der Waals surface area (Å²) < 4.78 is 0. The van der Waals surface area contributed by atoms with Crippen molar-refractivity contribution in [3.63, 3.8) is 0 Å². The second kappa shape index (κ2) is 5.91. The van der Waals surface area contributed by atoms with E-state index < -0.39 is 0 Å². The summed E-state index contributed by atoms with van der Waals surface area (Å²) in [5.74, 6) is 0.709. The number of rotatable bonds is 5. The van der Waals surface area contributed by atoms with Crippen molar-refractivity contribution in [3.05, 3.63) is 35.9 Å². The second-order valence-electron chi connectivity index (χ2n) is 4.09. The number of carbonyl (C=O) groups is 2. The van der Waals surface area contributed by atoms with Gasteiger partial charge in [-0.3, -0.25) is 9.59 Å². The van der Waals surface area contributed by atoms with Crippen molar-refractivity contribution >= 4 is 23.6 Å². The van der Waals surface area contributed by atoms with E-state index in [1.165, 1.54) is 0 Å². The molecular formula is C13H16N2O2S. The predicted octanol–water partition coefficient (Wildman–Crippen LogP) is 0.923. The Morgan fingerprint density at radius 3 is 2.72 bits per heavy atom. The summed E-state index contributed by atoms with van der Waals surface area (Å²) >= 11 is 1.63. The van der Waals surface area contributed by atoms with Gasteiger partial charge in [-0.15, -0.1) is 11.8 Å². The first-order valence-electron chi connectivity index (χ1n) is 5.96. The maximum absolute atomic E-state index is 11.8. The fourth-order valence-corrected chi connectivity index (χ4v) is 2.76. The molecule has 96 valence electrons. The van der Waals surface area contributed by atoms with Crippen molar-refractivity contribution in [2.45, 2.75) is 24.8 Å². The Bertz CT molecular complexity index is 436. The van der Waals surface area contributed by atoms with Gasteiger partial charge in [0.25, 0.3) is 0 Å². The predicted molar refractivity (Wildman–Crippen MR) is 72.1 cm³/mol. The number of β-lactam (4-membered cyclic amide) rings is 1. The van der Waals surface area contributed by atoms with Gasteiger partial charge in [-0.25, -0.2) is 0 Å². The number of carbonyl (C=O) groups excluding carboxylic acids is 2. The van der Waals surface area contributed by atoms with E-state index in [0.29, 0.717) is 6.42 Å². The third-order valence-electron chi connectivity index (χ3n) is 2.74. The van der Waals surface area contributed by atoms with Gasteiger partial charge in [0.05, 0.1) is 6.42 Å². The Morgan fingerprint density at radius 1 is 1.39 bits per heavy atom. The van der Waals surface area contributed by atoms with Gasteiger partial charge >= 0.3 is 0 Å². The highest BCUT2D eigenvalue weighted by Gasteiger charge is 2.40. The average molecular weight is 264 g/mol. The number of benzene rings is 1. The molecule has 0 radical (unpaired) electrons. The molecule has 1 aromatic rings. The minimum atomic E-state index is -0.383. The van der Waals surface area contributed by atoms with Crippen molar-refractivity contribution < 1.29 is 9.59 Å². The van der Waals surface area contributed by atoms with Crippen LogP contribution in [0.25, 0.3) is 0 Å². The highest BCUT2D eigenvalue weighted by Crippen LogP contribution is 2.19. The zero-order valence-electron chi connectivity index (χ0n) is 10.2. The van der Waals surface area contributed by atoms with Gasteiger partial charge in [0.2, 0.25) is 11.8 Å². The lowest BCUT2D eigenvalue weighted by atomic mass is 10.1. The SMILES string of the molecule is CCS[C@H]1NC(=O)[C@H]1NC(=O)Cc1ccccc1. The summed E-state index contributed by atoms with van der Waals surface area (Å²) in [6.07, 6.45) is 0.314. The highest BCUT2D eigenvalue weighted by molar-refractivity contribution is 8.00. The van der Waals surface area contributed by atoms with E-state index in [9.17, 15) is 9.59 Å². The summed E-state index contributed by atoms with van der Waals surface area (Å²) in [7, 11) is 0. The number of hydrogen-bond donors (Lipinski definition) is 2. The fraction of sp³-hybridized carbons (Fsp3) is 0.385. The summed E-state index contributed by atoms with van der Waals surface area (Å²) in [6, 6.07) is 9.13. The van der Waals surface area contributed by atoms with Gasteiger partial charge in [0.1, 0.15) is 11.4 Å². The lowest BCUT2D eigenvalue weighted by Crippen LogP contribution is -2.67. The number of amides is 2. The molecule has 1 fully saturated rings. The summed E-state index contributed by atoms with van der Waals surface area (Å²) in [6.45, 7) is 2.03. The first-order valence-corrected chi connectivity index (χ1v) is 7.01. The lowest BCUT2D eigenvalue weighted by molar-refractivity contribution is -0.134. The Labute approximate surface area is 111 Å². The molecule has 1 aliphatic rings. The molecule has 0 unspecified atom stereocenters. The van der Waals surface area contributed by atoms with Crippen LogP contribution in [-0.2, 0) is 16.0 Å². The number of hydrogen-bond acceptors (Lipinski definition) is 3. The van der Waals surface area contributed by atoms with Crippen molar-refractivity contribution in [1.29, 1.82) is 0 Å². The first-order chi connectivity index (χ1) is 8.70. The monoisotopic (exact) mass is 264 g/mol. The zero-order chi connectivity index (χ0) is 13.0. The third-order valence-corrected chi connectivity index (χ3v) is 3.82. The van der Waals surface area contributed by atoms with E-state index in [1.807, 2.05) is 37.3 Å². The molecule has 0 aromatic heterocycles. The summed E-state index contributed by atoms with van der Waals surface area (Å²) in [5, 5.41) is 5.57. The summed E-state index contributed by atoms with van der Waals surface area (Å²) in [4.78, 5) is 23.2. The van der Waals surface area contributed by atoms with Crippen molar-refractivity contribution in [3.8, 4) is 0 Å². The van der Waals surface area contributed by atoms with Crippen LogP contribution in [0, 0.1) is 0 Å². The molecule has 2 amide bonds. The van der Waals surface area contributed by atoms with Crippen LogP contribution in [0.5, 0.6) is 0 Å². The van der Waals surface area contributed by atoms with Gasteiger partial charge in [0.15, 0.2) is 0 Å². The Hall–Kier alpha value is -1.49. The van der Waals surface area contributed by atoms with Crippen molar-refractivity contribution in [1.82, 2.24) is 10.6 Å². The smallest absolute Gasteiger partial charge is 0.246 e. The van der Waals surface area contributed by atoms with Crippen LogP contribution in [0.3, 0.4) is 0 Å². The molecule has 1 saturated heterocycles. The van der Waals surface area contributed by atoms with Gasteiger partial charge in [-0.2, -0.15) is 0 Å². The van der Waals surface area contributed by atoms with Crippen LogP contribution >= 0.6 is 11.8 Å². The molecule has 18 heavy (non-hydrogen) atoms. The molecule has 1 heterocycles. The van der Waals surface area contributed by atoms with Crippen LogP contribution in [0.4, 0.5) is 0 Å². The molecule has 0 saturated carbocycles. The Morgan fingerprint density at radius 2 is 2.11 bits per heavy atom. The van der Waals surface area contributed by atoms with E-state index in [-0.39, 0.29) is 23.2 Å². The average Bonchev–Trinajstić information content (AvgIpc) is 2.37. The van der Waals surface area contributed by atoms with Crippen LogP contribution in [0.15, 0.2) is 30.3 Å². The van der Waals surface area contributed by atoms with Crippen molar-refractivity contribution in [2.24, 2.45) is 0 Å². The molecule has 1 aliphatic heterocycles. The third kappa shape index (κ3) is 3.04. The minimum Gasteiger partial charge on any atom is -0.341 e. The van der Waals surface area contributed by atoms with Crippen molar-refractivity contribution in [2.75, 3.05) is 5.75 Å². The maximum Gasteiger partial charge on any atom is 0.246 e. The largest absolute Gasteiger partial charge is 0.341 e. The van der Waals surface area contributed by atoms with Gasteiger partial charge in [0, 0.05) is 0 Å². The number of thioether (sulfide) groups is 1. The van der Waals surface area contributed by atoms with Gasteiger partial charge in [-0.05, 0) is 11.3 Å². The molecule has 0 spiro atoms. The molecule has 1 aromatic carbocycles. The zero-order valence-corrected chi connectivity index (χ0v) is 11.0. The molecule has 2 rings (SSSR count). The molecule has 2 N–H and O–H groups in total. The topological polar surface area (TPSA) is 58.2 Å². The molecule has 0 aliphatic carbocycles.